The molecule has 0 saturated heterocycles. The number of nitrogens with one attached hydrogen (secondary N) is 1. The van der Waals surface area contributed by atoms with Gasteiger partial charge in [-0.25, -0.2) is 4.98 Å². The number of hydrogen-bond acceptors (Lipinski definition) is 3. The van der Waals surface area contributed by atoms with E-state index in [1.54, 1.807) is 19.4 Å². The molecular formula is C19H21ClN2O2. The second-order valence-electron chi connectivity index (χ2n) is 6.19. The normalized spacial score (nSPS) is 16.4. The number of aromatic nitrogens is 1. The fraction of sp³-hybridized carbons (Fsp3) is 0.368. The molecule has 24 heavy (non-hydrogen) atoms. The number of rotatable bonds is 4. The first kappa shape index (κ1) is 16.8. The van der Waals surface area contributed by atoms with Crippen molar-refractivity contribution in [1.82, 2.24) is 4.98 Å². The predicted octanol–water partition coefficient (Wildman–Crippen LogP) is 4.58. The number of nitrogens with zero attached hydrogens (tertiary/aromatic N) is 1. The van der Waals surface area contributed by atoms with E-state index in [9.17, 15) is 4.79 Å². The summed E-state index contributed by atoms with van der Waals surface area (Å²) < 4.78 is 5.05. The first-order valence-electron chi connectivity index (χ1n) is 8.22. The molecule has 5 heteroatoms. The van der Waals surface area contributed by atoms with Gasteiger partial charge in [-0.05, 0) is 36.6 Å². The molecule has 1 saturated carbocycles. The largest absolute Gasteiger partial charge is 0.481 e. The zero-order chi connectivity index (χ0) is 17.0. The fourth-order valence-electron chi connectivity index (χ4n) is 3.40. The van der Waals surface area contributed by atoms with Gasteiger partial charge in [0.15, 0.2) is 0 Å². The minimum Gasteiger partial charge on any atom is -0.481 e. The molecule has 1 aliphatic carbocycles. The topological polar surface area (TPSA) is 51.2 Å². The standard InChI is InChI=1S/C19H21ClN2O2/c1-24-17-10-9-16(13-21-17)22-18(23)19(11-3-2-4-12-19)14-5-7-15(20)8-6-14/h5-10,13H,2-4,11-12H2,1H3,(H,22,23). The highest BCUT2D eigenvalue weighted by Crippen LogP contribution is 2.40. The molecular weight excluding hydrogens is 324 g/mol. The number of methoxy groups -OCH3 is 1. The van der Waals surface area contributed by atoms with E-state index < -0.39 is 5.41 Å². The van der Waals surface area contributed by atoms with Crippen molar-refractivity contribution < 1.29 is 9.53 Å². The molecule has 1 heterocycles. The molecule has 0 radical (unpaired) electrons. The van der Waals surface area contributed by atoms with Gasteiger partial charge in [0.05, 0.1) is 24.4 Å². The minimum absolute atomic E-state index is 0.0245. The third-order valence-corrected chi connectivity index (χ3v) is 4.99. The quantitative estimate of drug-likeness (QED) is 0.882. The Kier molecular flexibility index (Phi) is 5.05. The lowest BCUT2D eigenvalue weighted by atomic mass is 9.68. The zero-order valence-electron chi connectivity index (χ0n) is 13.7. The Hall–Kier alpha value is -2.07. The summed E-state index contributed by atoms with van der Waals surface area (Å²) in [4.78, 5) is 17.3. The van der Waals surface area contributed by atoms with Gasteiger partial charge in [0.1, 0.15) is 0 Å². The van der Waals surface area contributed by atoms with Crippen LogP contribution in [0.1, 0.15) is 37.7 Å². The summed E-state index contributed by atoms with van der Waals surface area (Å²) in [5.74, 6) is 0.551. The van der Waals surface area contributed by atoms with Crippen molar-refractivity contribution in [2.75, 3.05) is 12.4 Å². The van der Waals surface area contributed by atoms with Gasteiger partial charge in [-0.1, -0.05) is 43.0 Å². The Bertz CT molecular complexity index is 692. The van der Waals surface area contributed by atoms with E-state index in [-0.39, 0.29) is 5.91 Å². The second kappa shape index (κ2) is 7.22. The van der Waals surface area contributed by atoms with Gasteiger partial charge < -0.3 is 10.1 Å². The average molecular weight is 345 g/mol. The number of benzene rings is 1. The molecule has 3 rings (SSSR count). The van der Waals surface area contributed by atoms with E-state index in [2.05, 4.69) is 10.3 Å². The molecule has 2 aromatic rings. The molecule has 1 aliphatic rings. The smallest absolute Gasteiger partial charge is 0.235 e. The van der Waals surface area contributed by atoms with Crippen LogP contribution >= 0.6 is 11.6 Å². The number of carbonyl (C=O) groups is 1. The Labute approximate surface area is 147 Å². The van der Waals surface area contributed by atoms with Gasteiger partial charge in [0.2, 0.25) is 11.8 Å². The van der Waals surface area contributed by atoms with Crippen LogP contribution in [0.5, 0.6) is 5.88 Å². The first-order valence-corrected chi connectivity index (χ1v) is 8.59. The van der Waals surface area contributed by atoms with E-state index in [0.29, 0.717) is 16.6 Å². The van der Waals surface area contributed by atoms with E-state index >= 15 is 0 Å². The Morgan fingerprint density at radius 2 is 1.83 bits per heavy atom. The molecule has 1 aromatic carbocycles. The van der Waals surface area contributed by atoms with E-state index in [1.165, 1.54) is 6.42 Å². The van der Waals surface area contributed by atoms with Gasteiger partial charge in [-0.15, -0.1) is 0 Å². The third kappa shape index (κ3) is 3.39. The predicted molar refractivity (Wildman–Crippen MR) is 95.6 cm³/mol. The SMILES string of the molecule is COc1ccc(NC(=O)C2(c3ccc(Cl)cc3)CCCCC2)cn1. The van der Waals surface area contributed by atoms with Crippen LogP contribution in [-0.4, -0.2) is 18.0 Å². The van der Waals surface area contributed by atoms with Crippen LogP contribution in [0, 0.1) is 0 Å². The summed E-state index contributed by atoms with van der Waals surface area (Å²) >= 11 is 6.01. The van der Waals surface area contributed by atoms with Crippen molar-refractivity contribution in [2.24, 2.45) is 0 Å². The van der Waals surface area contributed by atoms with Crippen molar-refractivity contribution in [3.63, 3.8) is 0 Å². The van der Waals surface area contributed by atoms with Crippen LogP contribution < -0.4 is 10.1 Å². The summed E-state index contributed by atoms with van der Waals surface area (Å²) in [7, 11) is 1.57. The molecule has 0 bridgehead atoms. The number of carbonyl (C=O) groups excluding carboxylic acids is 1. The van der Waals surface area contributed by atoms with Crippen molar-refractivity contribution in [3.8, 4) is 5.88 Å². The molecule has 0 spiro atoms. The summed E-state index contributed by atoms with van der Waals surface area (Å²) in [5, 5.41) is 3.71. The summed E-state index contributed by atoms with van der Waals surface area (Å²) in [6, 6.07) is 11.2. The lowest BCUT2D eigenvalue weighted by Crippen LogP contribution is -2.42. The van der Waals surface area contributed by atoms with Crippen LogP contribution in [0.25, 0.3) is 0 Å². The number of amides is 1. The van der Waals surface area contributed by atoms with Crippen LogP contribution in [0.2, 0.25) is 5.02 Å². The molecule has 0 aliphatic heterocycles. The van der Waals surface area contributed by atoms with Crippen molar-refractivity contribution >= 4 is 23.2 Å². The van der Waals surface area contributed by atoms with Crippen LogP contribution in [0.3, 0.4) is 0 Å². The van der Waals surface area contributed by atoms with Gasteiger partial charge in [-0.2, -0.15) is 0 Å². The maximum atomic E-state index is 13.1. The van der Waals surface area contributed by atoms with Crippen LogP contribution in [0.4, 0.5) is 5.69 Å². The molecule has 1 N–H and O–H groups in total. The third-order valence-electron chi connectivity index (χ3n) is 4.74. The Balaban J connectivity index is 1.87. The zero-order valence-corrected chi connectivity index (χ0v) is 14.5. The van der Waals surface area contributed by atoms with Gasteiger partial charge in [0, 0.05) is 11.1 Å². The monoisotopic (exact) mass is 344 g/mol. The number of anilines is 1. The Morgan fingerprint density at radius 3 is 2.42 bits per heavy atom. The lowest BCUT2D eigenvalue weighted by molar-refractivity contribution is -0.122. The van der Waals surface area contributed by atoms with E-state index in [0.717, 1.165) is 31.2 Å². The van der Waals surface area contributed by atoms with Crippen LogP contribution in [0.15, 0.2) is 42.6 Å². The Morgan fingerprint density at radius 1 is 1.12 bits per heavy atom. The fourth-order valence-corrected chi connectivity index (χ4v) is 3.52. The number of pyridine rings is 1. The van der Waals surface area contributed by atoms with Crippen molar-refractivity contribution in [1.29, 1.82) is 0 Å². The molecule has 1 fully saturated rings. The highest BCUT2D eigenvalue weighted by molar-refractivity contribution is 6.30. The number of halogens is 1. The lowest BCUT2D eigenvalue weighted by Gasteiger charge is -2.36. The van der Waals surface area contributed by atoms with Crippen LogP contribution in [-0.2, 0) is 10.2 Å². The van der Waals surface area contributed by atoms with Gasteiger partial charge in [-0.3, -0.25) is 4.79 Å². The molecule has 0 atom stereocenters. The minimum atomic E-state index is -0.497. The van der Waals surface area contributed by atoms with E-state index in [1.807, 2.05) is 30.3 Å². The molecule has 126 valence electrons. The van der Waals surface area contributed by atoms with Gasteiger partial charge >= 0.3 is 0 Å². The number of ether oxygens (including phenoxy) is 1. The molecule has 0 unspecified atom stereocenters. The second-order valence-corrected chi connectivity index (χ2v) is 6.63. The van der Waals surface area contributed by atoms with Crippen molar-refractivity contribution in [3.05, 3.63) is 53.2 Å². The number of hydrogen-bond donors (Lipinski definition) is 1. The summed E-state index contributed by atoms with van der Waals surface area (Å²) in [6.45, 7) is 0. The first-order chi connectivity index (χ1) is 11.6. The van der Waals surface area contributed by atoms with E-state index in [4.69, 9.17) is 16.3 Å². The molecule has 1 aromatic heterocycles. The maximum absolute atomic E-state index is 13.1. The molecule has 1 amide bonds. The van der Waals surface area contributed by atoms with Crippen molar-refractivity contribution in [2.45, 2.75) is 37.5 Å². The summed E-state index contributed by atoms with van der Waals surface area (Å²) in [6.07, 6.45) is 6.60. The molecule has 4 nitrogen and oxygen atoms in total. The summed E-state index contributed by atoms with van der Waals surface area (Å²) in [5.41, 5.74) is 1.22. The van der Waals surface area contributed by atoms with Gasteiger partial charge in [0.25, 0.3) is 0 Å². The average Bonchev–Trinajstić information content (AvgIpc) is 2.63. The highest BCUT2D eigenvalue weighted by Gasteiger charge is 2.41. The maximum Gasteiger partial charge on any atom is 0.235 e. The highest BCUT2D eigenvalue weighted by atomic mass is 35.5.